The fourth-order valence-corrected chi connectivity index (χ4v) is 4.27. The van der Waals surface area contributed by atoms with Gasteiger partial charge in [0.2, 0.25) is 0 Å². The predicted octanol–water partition coefficient (Wildman–Crippen LogP) is 1.14. The minimum atomic E-state index is -0.364. The van der Waals surface area contributed by atoms with Crippen molar-refractivity contribution < 1.29 is 19.3 Å². The molecular weight excluding hydrogens is 368 g/mol. The van der Waals surface area contributed by atoms with E-state index in [1.54, 1.807) is 6.92 Å². The molecule has 1 aromatic carbocycles. The molecule has 0 unspecified atom stereocenters. The fourth-order valence-electron chi connectivity index (χ4n) is 4.27. The number of hydrogen-bond acceptors (Lipinski definition) is 4. The Morgan fingerprint density at radius 3 is 2.24 bits per heavy atom. The first-order valence-electron chi connectivity index (χ1n) is 10.8. The van der Waals surface area contributed by atoms with Crippen LogP contribution in [0.3, 0.4) is 0 Å². The average molecular weight is 402 g/mol. The Morgan fingerprint density at radius 2 is 1.66 bits per heavy atom. The summed E-state index contributed by atoms with van der Waals surface area (Å²) < 4.78 is 0. The van der Waals surface area contributed by atoms with Gasteiger partial charge in [0.15, 0.2) is 11.8 Å². The van der Waals surface area contributed by atoms with Gasteiger partial charge in [0.25, 0.3) is 5.91 Å². The van der Waals surface area contributed by atoms with Crippen molar-refractivity contribution in [2.45, 2.75) is 58.0 Å². The molecule has 29 heavy (non-hydrogen) atoms. The van der Waals surface area contributed by atoms with Gasteiger partial charge in [0.05, 0.1) is 26.2 Å². The fraction of sp³-hybridized carbons (Fsp3) is 0.591. The van der Waals surface area contributed by atoms with E-state index in [0.717, 1.165) is 63.1 Å². The van der Waals surface area contributed by atoms with Crippen LogP contribution in [0.15, 0.2) is 24.3 Å². The topological polar surface area (TPSA) is 83.0 Å². The molecule has 3 N–H and O–H groups in total. The molecule has 1 saturated heterocycles. The number of carbonyl (C=O) groups excluding carboxylic acids is 3. The van der Waals surface area contributed by atoms with Crippen molar-refractivity contribution in [2.24, 2.45) is 0 Å². The summed E-state index contributed by atoms with van der Waals surface area (Å²) in [4.78, 5) is 39.5. The number of amides is 3. The van der Waals surface area contributed by atoms with E-state index in [1.807, 2.05) is 31.2 Å². The number of rotatable bonds is 5. The van der Waals surface area contributed by atoms with Crippen LogP contribution in [0.1, 0.15) is 56.3 Å². The van der Waals surface area contributed by atoms with Crippen molar-refractivity contribution in [3.8, 4) is 0 Å². The number of ketones is 1. The molecule has 2 fully saturated rings. The largest absolute Gasteiger partial charge is 0.360 e. The molecule has 3 amide bonds. The number of nitrogens with one attached hydrogen (secondary N) is 3. The van der Waals surface area contributed by atoms with Crippen LogP contribution in [0.25, 0.3) is 0 Å². The number of piperazine rings is 1. The highest BCUT2D eigenvalue weighted by molar-refractivity contribution is 5.96. The van der Waals surface area contributed by atoms with Gasteiger partial charge in [0.1, 0.15) is 0 Å². The summed E-state index contributed by atoms with van der Waals surface area (Å²) >= 11 is 0. The van der Waals surface area contributed by atoms with Gasteiger partial charge in [-0.05, 0) is 51.0 Å². The van der Waals surface area contributed by atoms with Gasteiger partial charge < -0.3 is 15.1 Å². The van der Waals surface area contributed by atoms with Crippen LogP contribution < -0.4 is 20.4 Å². The zero-order valence-corrected chi connectivity index (χ0v) is 17.5. The second-order valence-electron chi connectivity index (χ2n) is 8.27. The summed E-state index contributed by atoms with van der Waals surface area (Å²) in [5, 5.41) is 5.46. The van der Waals surface area contributed by atoms with Crippen LogP contribution in [-0.4, -0.2) is 56.0 Å². The molecule has 0 radical (unpaired) electrons. The standard InChI is InChI=1S/C22H32N4O3/c1-16(21(28)24-22(29)23-19-6-4-3-5-7-19)25-12-14-26(15-13-25)20-10-8-18(9-11-20)17(2)27/h8-11,16,19H,3-7,12-15H2,1-2H3,(H2,23,24,28,29)/p+1/t16-/m0/s1. The zero-order chi connectivity index (χ0) is 20.8. The lowest BCUT2D eigenvalue weighted by atomic mass is 9.96. The summed E-state index contributed by atoms with van der Waals surface area (Å²) in [6.45, 7) is 6.77. The van der Waals surface area contributed by atoms with Crippen molar-refractivity contribution in [2.75, 3.05) is 31.1 Å². The Balaban J connectivity index is 1.44. The third-order valence-corrected chi connectivity index (χ3v) is 6.23. The number of carbonyl (C=O) groups is 3. The summed E-state index contributed by atoms with van der Waals surface area (Å²) in [6.07, 6.45) is 5.50. The van der Waals surface area contributed by atoms with Gasteiger partial charge in [-0.25, -0.2) is 4.79 Å². The highest BCUT2D eigenvalue weighted by Crippen LogP contribution is 2.17. The molecule has 0 aromatic heterocycles. The molecule has 1 atom stereocenters. The molecule has 0 bridgehead atoms. The summed E-state index contributed by atoms with van der Waals surface area (Å²) in [6, 6.07) is 7.24. The Bertz CT molecular complexity index is 720. The monoisotopic (exact) mass is 401 g/mol. The maximum atomic E-state index is 12.5. The number of nitrogens with zero attached hydrogens (tertiary/aromatic N) is 1. The molecule has 2 aliphatic rings. The summed E-state index contributed by atoms with van der Waals surface area (Å²) in [7, 11) is 0. The lowest BCUT2D eigenvalue weighted by Crippen LogP contribution is -3.19. The molecule has 7 heteroatoms. The van der Waals surface area contributed by atoms with E-state index in [4.69, 9.17) is 0 Å². The molecular formula is C22H33N4O3+. The van der Waals surface area contributed by atoms with Crippen LogP contribution in [-0.2, 0) is 4.79 Å². The summed E-state index contributed by atoms with van der Waals surface area (Å²) in [5.41, 5.74) is 1.81. The first-order valence-corrected chi connectivity index (χ1v) is 10.8. The summed E-state index contributed by atoms with van der Waals surface area (Å²) in [5.74, 6) is -0.147. The van der Waals surface area contributed by atoms with Gasteiger partial charge in [-0.1, -0.05) is 19.3 Å². The van der Waals surface area contributed by atoms with E-state index in [9.17, 15) is 14.4 Å². The van der Waals surface area contributed by atoms with E-state index in [0.29, 0.717) is 0 Å². The molecule has 1 saturated carbocycles. The molecule has 3 rings (SSSR count). The van der Waals surface area contributed by atoms with Gasteiger partial charge >= 0.3 is 6.03 Å². The van der Waals surface area contributed by atoms with Crippen LogP contribution in [0.2, 0.25) is 0 Å². The maximum absolute atomic E-state index is 12.5. The van der Waals surface area contributed by atoms with Crippen LogP contribution in [0, 0.1) is 0 Å². The molecule has 1 heterocycles. The Labute approximate surface area is 172 Å². The minimum absolute atomic E-state index is 0.0678. The number of imide groups is 1. The minimum Gasteiger partial charge on any atom is -0.360 e. The number of benzene rings is 1. The number of anilines is 1. The smallest absolute Gasteiger partial charge is 0.321 e. The zero-order valence-electron chi connectivity index (χ0n) is 17.5. The van der Waals surface area contributed by atoms with Crippen molar-refractivity contribution in [1.82, 2.24) is 10.6 Å². The van der Waals surface area contributed by atoms with Crippen molar-refractivity contribution >= 4 is 23.4 Å². The van der Waals surface area contributed by atoms with E-state index >= 15 is 0 Å². The van der Waals surface area contributed by atoms with Gasteiger partial charge in [-0.15, -0.1) is 0 Å². The molecule has 7 nitrogen and oxygen atoms in total. The average Bonchev–Trinajstić information content (AvgIpc) is 2.74. The van der Waals surface area contributed by atoms with Crippen molar-refractivity contribution in [3.05, 3.63) is 29.8 Å². The molecule has 1 aliphatic heterocycles. The Hall–Kier alpha value is -2.41. The van der Waals surface area contributed by atoms with Crippen LogP contribution >= 0.6 is 0 Å². The second kappa shape index (κ2) is 9.87. The van der Waals surface area contributed by atoms with E-state index < -0.39 is 0 Å². The number of hydrogen-bond donors (Lipinski definition) is 3. The molecule has 1 aliphatic carbocycles. The lowest BCUT2D eigenvalue weighted by Gasteiger charge is -2.36. The van der Waals surface area contributed by atoms with Crippen molar-refractivity contribution in [3.63, 3.8) is 0 Å². The molecule has 158 valence electrons. The predicted molar refractivity (Wildman–Crippen MR) is 112 cm³/mol. The first-order chi connectivity index (χ1) is 13.9. The molecule has 0 spiro atoms. The first kappa shape index (κ1) is 21.3. The Morgan fingerprint density at radius 1 is 1.03 bits per heavy atom. The third-order valence-electron chi connectivity index (χ3n) is 6.23. The third kappa shape index (κ3) is 5.79. The normalized spacial score (nSPS) is 19.4. The quantitative estimate of drug-likeness (QED) is 0.646. The maximum Gasteiger partial charge on any atom is 0.321 e. The van der Waals surface area contributed by atoms with Crippen LogP contribution in [0.5, 0.6) is 0 Å². The SMILES string of the molecule is CC(=O)c1ccc(N2CC[NH+]([C@@H](C)C(=O)NC(=O)NC3CCCCC3)CC2)cc1. The Kier molecular flexibility index (Phi) is 7.25. The second-order valence-corrected chi connectivity index (χ2v) is 8.27. The van der Waals surface area contributed by atoms with Gasteiger partial charge in [0, 0.05) is 17.3 Å². The highest BCUT2D eigenvalue weighted by Gasteiger charge is 2.30. The van der Waals surface area contributed by atoms with Gasteiger partial charge in [-0.2, -0.15) is 0 Å². The number of urea groups is 1. The van der Waals surface area contributed by atoms with Crippen molar-refractivity contribution in [1.29, 1.82) is 0 Å². The van der Waals surface area contributed by atoms with E-state index in [1.165, 1.54) is 11.3 Å². The number of Topliss-reactive ketones (excluding diaryl/α,β-unsaturated/α-hetero) is 1. The highest BCUT2D eigenvalue weighted by atomic mass is 16.2. The number of quaternary nitrogens is 1. The van der Waals surface area contributed by atoms with Gasteiger partial charge in [-0.3, -0.25) is 14.9 Å². The van der Waals surface area contributed by atoms with E-state index in [2.05, 4.69) is 15.5 Å². The lowest BCUT2D eigenvalue weighted by molar-refractivity contribution is -0.914. The van der Waals surface area contributed by atoms with E-state index in [-0.39, 0.29) is 29.8 Å². The molecule has 1 aromatic rings. The van der Waals surface area contributed by atoms with Crippen LogP contribution in [0.4, 0.5) is 10.5 Å².